The van der Waals surface area contributed by atoms with Gasteiger partial charge in [-0.15, -0.1) is 10.2 Å². The predicted octanol–water partition coefficient (Wildman–Crippen LogP) is 3.24. The fourth-order valence-electron chi connectivity index (χ4n) is 4.41. The highest BCUT2D eigenvalue weighted by Gasteiger charge is 2.39. The van der Waals surface area contributed by atoms with Crippen molar-refractivity contribution in [2.24, 2.45) is 5.73 Å². The molecule has 2 N–H and O–H groups in total. The Morgan fingerprint density at radius 1 is 0.971 bits per heavy atom. The molecule has 0 aliphatic carbocycles. The number of unbranched alkanes of at least 4 members (excludes halogenated alkanes) is 1. The molecule has 35 heavy (non-hydrogen) atoms. The van der Waals surface area contributed by atoms with Crippen molar-refractivity contribution in [1.82, 2.24) is 20.0 Å². The predicted molar refractivity (Wildman–Crippen MR) is 132 cm³/mol. The molecule has 0 saturated carbocycles. The van der Waals surface area contributed by atoms with Crippen LogP contribution in [0.5, 0.6) is 0 Å². The number of piperazine rings is 1. The summed E-state index contributed by atoms with van der Waals surface area (Å²) in [5.74, 6) is -0.422. The second kappa shape index (κ2) is 10.8. The molecule has 184 valence electrons. The van der Waals surface area contributed by atoms with Crippen LogP contribution in [0.2, 0.25) is 0 Å². The number of aromatic nitrogens is 2. The van der Waals surface area contributed by atoms with E-state index in [1.165, 1.54) is 0 Å². The summed E-state index contributed by atoms with van der Waals surface area (Å²) < 4.78 is 6.12. The standard InChI is InChI=1S/C27H33N5O3/c1-3-4-15-31-16-17-32(25(34)24(31)33)22(18-20-11-7-5-8-12-20)23-29-30-26(35-23)27(2,28)19-21-13-9-6-10-14-21/h5-14,22H,3-4,15-19,28H2,1-2H3/t22?,27-/m0/s1. The second-order valence-corrected chi connectivity index (χ2v) is 9.38. The van der Waals surface area contributed by atoms with Crippen LogP contribution in [0.25, 0.3) is 0 Å². The van der Waals surface area contributed by atoms with Gasteiger partial charge < -0.3 is 20.0 Å². The minimum Gasteiger partial charge on any atom is -0.421 e. The first-order valence-electron chi connectivity index (χ1n) is 12.2. The average molecular weight is 476 g/mol. The van der Waals surface area contributed by atoms with Gasteiger partial charge in [0.1, 0.15) is 6.04 Å². The van der Waals surface area contributed by atoms with Gasteiger partial charge in [-0.05, 0) is 30.9 Å². The van der Waals surface area contributed by atoms with Gasteiger partial charge in [0.25, 0.3) is 0 Å². The molecule has 1 unspecified atom stereocenters. The molecule has 0 bridgehead atoms. The van der Waals surface area contributed by atoms with Crippen molar-refractivity contribution < 1.29 is 14.0 Å². The summed E-state index contributed by atoms with van der Waals surface area (Å²) in [4.78, 5) is 29.2. The van der Waals surface area contributed by atoms with Crippen LogP contribution in [-0.2, 0) is 28.0 Å². The molecule has 2 heterocycles. The zero-order chi connectivity index (χ0) is 24.8. The molecule has 1 fully saturated rings. The van der Waals surface area contributed by atoms with Crippen LogP contribution < -0.4 is 5.73 Å². The highest BCUT2D eigenvalue weighted by atomic mass is 16.4. The molecule has 1 aromatic heterocycles. The van der Waals surface area contributed by atoms with Gasteiger partial charge >= 0.3 is 11.8 Å². The quantitative estimate of drug-likeness (QED) is 0.451. The van der Waals surface area contributed by atoms with Crippen LogP contribution in [0.4, 0.5) is 0 Å². The normalized spacial score (nSPS) is 16.9. The number of nitrogens with zero attached hydrogens (tertiary/aromatic N) is 4. The molecule has 0 radical (unpaired) electrons. The summed E-state index contributed by atoms with van der Waals surface area (Å²) in [6.07, 6.45) is 2.81. The van der Waals surface area contributed by atoms with Crippen molar-refractivity contribution in [2.45, 2.75) is 51.1 Å². The van der Waals surface area contributed by atoms with Crippen LogP contribution in [-0.4, -0.2) is 51.4 Å². The van der Waals surface area contributed by atoms with Gasteiger partial charge in [-0.2, -0.15) is 0 Å². The Kier molecular flexibility index (Phi) is 7.60. The topological polar surface area (TPSA) is 106 Å². The van der Waals surface area contributed by atoms with E-state index in [9.17, 15) is 9.59 Å². The summed E-state index contributed by atoms with van der Waals surface area (Å²) >= 11 is 0. The van der Waals surface area contributed by atoms with Gasteiger partial charge in [0.2, 0.25) is 11.8 Å². The first-order chi connectivity index (χ1) is 16.9. The summed E-state index contributed by atoms with van der Waals surface area (Å²) in [5, 5.41) is 8.57. The van der Waals surface area contributed by atoms with Crippen LogP contribution in [0.3, 0.4) is 0 Å². The minimum absolute atomic E-state index is 0.289. The van der Waals surface area contributed by atoms with Gasteiger partial charge in [0, 0.05) is 26.1 Å². The SMILES string of the molecule is CCCCN1CCN(C(Cc2ccccc2)c2nnc([C@@](C)(N)Cc3ccccc3)o2)C(=O)C1=O. The monoisotopic (exact) mass is 475 g/mol. The lowest BCUT2D eigenvalue weighted by Crippen LogP contribution is -2.55. The van der Waals surface area contributed by atoms with Gasteiger partial charge in [-0.1, -0.05) is 74.0 Å². The summed E-state index contributed by atoms with van der Waals surface area (Å²) in [6, 6.07) is 19.1. The molecule has 1 saturated heterocycles. The van der Waals surface area contributed by atoms with E-state index < -0.39 is 23.4 Å². The zero-order valence-corrected chi connectivity index (χ0v) is 20.4. The average Bonchev–Trinajstić information content (AvgIpc) is 3.36. The lowest BCUT2D eigenvalue weighted by atomic mass is 9.94. The number of nitrogens with two attached hydrogens (primary N) is 1. The number of benzene rings is 2. The molecule has 4 rings (SSSR count). The number of amides is 2. The van der Waals surface area contributed by atoms with E-state index in [1.807, 2.05) is 67.6 Å². The Labute approximate surface area is 206 Å². The molecule has 2 atom stereocenters. The molecule has 1 aliphatic heterocycles. The summed E-state index contributed by atoms with van der Waals surface area (Å²) in [6.45, 7) is 5.40. The molecule has 3 aromatic rings. The molecule has 8 heteroatoms. The van der Waals surface area contributed by atoms with E-state index in [4.69, 9.17) is 10.2 Å². The first kappa shape index (κ1) is 24.6. The lowest BCUT2D eigenvalue weighted by molar-refractivity contribution is -0.158. The fourth-order valence-corrected chi connectivity index (χ4v) is 4.41. The molecular weight excluding hydrogens is 442 g/mol. The van der Waals surface area contributed by atoms with E-state index in [1.54, 1.807) is 9.80 Å². The molecule has 2 aromatic carbocycles. The molecular formula is C27H33N5O3. The van der Waals surface area contributed by atoms with E-state index in [0.717, 1.165) is 24.0 Å². The Bertz CT molecular complexity index is 1130. The van der Waals surface area contributed by atoms with Gasteiger partial charge in [-0.3, -0.25) is 9.59 Å². The largest absolute Gasteiger partial charge is 0.421 e. The maximum Gasteiger partial charge on any atom is 0.312 e. The molecule has 8 nitrogen and oxygen atoms in total. The van der Waals surface area contributed by atoms with Crippen molar-refractivity contribution in [2.75, 3.05) is 19.6 Å². The van der Waals surface area contributed by atoms with Gasteiger partial charge in [-0.25, -0.2) is 0 Å². The smallest absolute Gasteiger partial charge is 0.312 e. The third-order valence-electron chi connectivity index (χ3n) is 6.40. The van der Waals surface area contributed by atoms with Crippen LogP contribution in [0, 0.1) is 0 Å². The lowest BCUT2D eigenvalue weighted by Gasteiger charge is -2.37. The maximum atomic E-state index is 13.2. The minimum atomic E-state index is -0.886. The van der Waals surface area contributed by atoms with Crippen molar-refractivity contribution in [3.8, 4) is 0 Å². The van der Waals surface area contributed by atoms with Crippen molar-refractivity contribution >= 4 is 11.8 Å². The van der Waals surface area contributed by atoms with Crippen LogP contribution in [0.1, 0.15) is 55.6 Å². The summed E-state index contributed by atoms with van der Waals surface area (Å²) in [5.41, 5.74) is 7.77. The van der Waals surface area contributed by atoms with Crippen LogP contribution in [0.15, 0.2) is 65.1 Å². The van der Waals surface area contributed by atoms with Crippen molar-refractivity contribution in [3.05, 3.63) is 83.6 Å². The molecule has 2 amide bonds. The number of rotatable bonds is 10. The number of carbonyl (C=O) groups is 2. The number of hydrogen-bond donors (Lipinski definition) is 1. The Morgan fingerprint density at radius 3 is 2.29 bits per heavy atom. The highest BCUT2D eigenvalue weighted by molar-refractivity contribution is 6.35. The number of hydrogen-bond acceptors (Lipinski definition) is 6. The van der Waals surface area contributed by atoms with E-state index in [0.29, 0.717) is 38.4 Å². The first-order valence-corrected chi connectivity index (χ1v) is 12.2. The van der Waals surface area contributed by atoms with Crippen molar-refractivity contribution in [3.63, 3.8) is 0 Å². The van der Waals surface area contributed by atoms with Crippen LogP contribution >= 0.6 is 0 Å². The third kappa shape index (κ3) is 5.77. The third-order valence-corrected chi connectivity index (χ3v) is 6.40. The summed E-state index contributed by atoms with van der Waals surface area (Å²) in [7, 11) is 0. The molecule has 1 aliphatic rings. The maximum absolute atomic E-state index is 13.2. The number of carbonyl (C=O) groups excluding carboxylic acids is 2. The van der Waals surface area contributed by atoms with E-state index in [-0.39, 0.29) is 5.89 Å². The zero-order valence-electron chi connectivity index (χ0n) is 20.4. The van der Waals surface area contributed by atoms with E-state index in [2.05, 4.69) is 17.1 Å². The fraction of sp³-hybridized carbons (Fsp3) is 0.407. The Morgan fingerprint density at radius 2 is 1.63 bits per heavy atom. The van der Waals surface area contributed by atoms with Gasteiger partial charge in [0.05, 0.1) is 5.54 Å². The highest BCUT2D eigenvalue weighted by Crippen LogP contribution is 2.29. The van der Waals surface area contributed by atoms with Crippen molar-refractivity contribution in [1.29, 1.82) is 0 Å². The van der Waals surface area contributed by atoms with E-state index >= 15 is 0 Å². The Balaban J connectivity index is 1.60. The Hall–Kier alpha value is -3.52. The second-order valence-electron chi connectivity index (χ2n) is 9.38. The molecule has 0 spiro atoms. The van der Waals surface area contributed by atoms with Gasteiger partial charge in [0.15, 0.2) is 0 Å².